The van der Waals surface area contributed by atoms with Crippen molar-refractivity contribution in [3.63, 3.8) is 0 Å². The number of nitrogens with one attached hydrogen (secondary N) is 1. The van der Waals surface area contributed by atoms with Gasteiger partial charge in [0.2, 0.25) is 5.17 Å². The number of thioether (sulfide) groups is 1. The van der Waals surface area contributed by atoms with Crippen LogP contribution in [0.4, 0.5) is 0 Å². The van der Waals surface area contributed by atoms with Gasteiger partial charge in [0, 0.05) is 18.0 Å². The van der Waals surface area contributed by atoms with Crippen LogP contribution in [0.3, 0.4) is 0 Å². The lowest BCUT2D eigenvalue weighted by Gasteiger charge is -2.20. The second-order valence-corrected chi connectivity index (χ2v) is 9.13. The molecule has 2 aromatic carbocycles. The Bertz CT molecular complexity index is 1420. The number of amidine groups is 2. The fourth-order valence-corrected chi connectivity index (χ4v) is 4.43. The van der Waals surface area contributed by atoms with Gasteiger partial charge in [0.1, 0.15) is 29.8 Å². The van der Waals surface area contributed by atoms with Gasteiger partial charge >= 0.3 is 0 Å². The summed E-state index contributed by atoms with van der Waals surface area (Å²) in [6.07, 6.45) is 5.00. The number of aromatic nitrogens is 1. The summed E-state index contributed by atoms with van der Waals surface area (Å²) in [5.41, 5.74) is 4.15. The fourth-order valence-electron chi connectivity index (χ4n) is 3.55. The molecule has 0 aliphatic carbocycles. The zero-order valence-corrected chi connectivity index (χ0v) is 20.6. The number of pyridine rings is 1. The van der Waals surface area contributed by atoms with E-state index in [9.17, 15) is 4.79 Å². The molecule has 180 valence electrons. The molecule has 3 aromatic rings. The van der Waals surface area contributed by atoms with Gasteiger partial charge in [-0.15, -0.1) is 0 Å². The van der Waals surface area contributed by atoms with Crippen molar-refractivity contribution in [3.05, 3.63) is 94.8 Å². The number of amides is 1. The Morgan fingerprint density at radius 1 is 1.00 bits per heavy atom. The van der Waals surface area contributed by atoms with Gasteiger partial charge in [-0.05, 0) is 84.8 Å². The van der Waals surface area contributed by atoms with Crippen LogP contribution in [-0.2, 0) is 4.79 Å². The van der Waals surface area contributed by atoms with Gasteiger partial charge in [0.05, 0.1) is 5.57 Å². The summed E-state index contributed by atoms with van der Waals surface area (Å²) in [7, 11) is 0. The molecule has 3 heterocycles. The molecule has 0 spiro atoms. The van der Waals surface area contributed by atoms with Gasteiger partial charge in [-0.1, -0.05) is 18.2 Å². The lowest BCUT2D eigenvalue weighted by molar-refractivity contribution is -0.114. The maximum atomic E-state index is 12.7. The molecule has 2 aliphatic rings. The van der Waals surface area contributed by atoms with Crippen molar-refractivity contribution in [1.82, 2.24) is 9.99 Å². The van der Waals surface area contributed by atoms with Crippen LogP contribution in [0, 0.1) is 19.3 Å². The number of aryl methyl sites for hydroxylation is 2. The van der Waals surface area contributed by atoms with Crippen LogP contribution in [-0.4, -0.2) is 45.2 Å². The summed E-state index contributed by atoms with van der Waals surface area (Å²) >= 11 is 1.24. The number of carbonyl (C=O) groups excluding carboxylic acids is 1. The number of rotatable bonds is 7. The van der Waals surface area contributed by atoms with E-state index in [-0.39, 0.29) is 11.4 Å². The molecule has 9 heteroatoms. The van der Waals surface area contributed by atoms with Crippen molar-refractivity contribution in [2.45, 2.75) is 13.8 Å². The average molecular weight is 498 g/mol. The molecule has 0 radical (unpaired) electrons. The highest BCUT2D eigenvalue weighted by Crippen LogP contribution is 2.30. The summed E-state index contributed by atoms with van der Waals surface area (Å²) < 4.78 is 11.5. The summed E-state index contributed by atoms with van der Waals surface area (Å²) in [5.74, 6) is 1.03. The minimum absolute atomic E-state index is 0.0137. The molecule has 0 bridgehead atoms. The lowest BCUT2D eigenvalue weighted by atomic mass is 10.1. The van der Waals surface area contributed by atoms with Crippen LogP contribution < -0.4 is 9.47 Å². The average Bonchev–Trinajstić information content (AvgIpc) is 3.32. The van der Waals surface area contributed by atoms with Crippen LogP contribution >= 0.6 is 11.8 Å². The molecule has 36 heavy (non-hydrogen) atoms. The maximum absolute atomic E-state index is 12.7. The Morgan fingerprint density at radius 2 is 1.75 bits per heavy atom. The molecule has 1 amide bonds. The smallest absolute Gasteiger partial charge is 0.283 e. The Hall–Kier alpha value is -4.24. The third-order valence-corrected chi connectivity index (χ3v) is 6.61. The normalized spacial score (nSPS) is 16.1. The van der Waals surface area contributed by atoms with E-state index in [0.29, 0.717) is 29.2 Å². The van der Waals surface area contributed by atoms with Gasteiger partial charge < -0.3 is 9.47 Å². The first-order valence-electron chi connectivity index (χ1n) is 11.3. The molecule has 1 aromatic heterocycles. The first-order chi connectivity index (χ1) is 17.5. The van der Waals surface area contributed by atoms with Crippen molar-refractivity contribution in [2.24, 2.45) is 10.1 Å². The number of aliphatic imine (C=N–C) groups is 1. The number of hydrogen-bond acceptors (Lipinski definition) is 7. The number of ether oxygens (including phenoxy) is 2. The van der Waals surface area contributed by atoms with E-state index in [4.69, 9.17) is 14.9 Å². The molecule has 0 fully saturated rings. The highest BCUT2D eigenvalue weighted by atomic mass is 32.2. The van der Waals surface area contributed by atoms with E-state index < -0.39 is 5.91 Å². The van der Waals surface area contributed by atoms with Crippen molar-refractivity contribution >= 4 is 39.8 Å². The molecule has 5 rings (SSSR count). The number of carbonyl (C=O) groups is 1. The monoisotopic (exact) mass is 497 g/mol. The van der Waals surface area contributed by atoms with Crippen molar-refractivity contribution in [1.29, 1.82) is 5.41 Å². The first-order valence-corrected chi connectivity index (χ1v) is 12.1. The number of hydrazone groups is 1. The molecular weight excluding hydrogens is 474 g/mol. The number of fused-ring (bicyclic) bond motifs is 1. The third kappa shape index (κ3) is 5.06. The minimum atomic E-state index is -0.467. The zero-order chi connectivity index (χ0) is 25.1. The highest BCUT2D eigenvalue weighted by molar-refractivity contribution is 8.27. The number of nitrogens with zero attached hydrogens (tertiary/aromatic N) is 4. The fraction of sp³-hybridized carbons (Fsp3) is 0.148. The van der Waals surface area contributed by atoms with Crippen molar-refractivity contribution < 1.29 is 14.3 Å². The van der Waals surface area contributed by atoms with Crippen LogP contribution in [0.5, 0.6) is 11.5 Å². The van der Waals surface area contributed by atoms with Crippen LogP contribution in [0.25, 0.3) is 6.08 Å². The van der Waals surface area contributed by atoms with Crippen molar-refractivity contribution in [2.75, 3.05) is 13.2 Å². The maximum Gasteiger partial charge on any atom is 0.283 e. The van der Waals surface area contributed by atoms with Crippen LogP contribution in [0.2, 0.25) is 0 Å². The van der Waals surface area contributed by atoms with Gasteiger partial charge in [0.25, 0.3) is 5.91 Å². The second kappa shape index (κ2) is 10.2. The van der Waals surface area contributed by atoms with Gasteiger partial charge in [-0.25, -0.2) is 0 Å². The summed E-state index contributed by atoms with van der Waals surface area (Å²) in [6, 6.07) is 17.0. The van der Waals surface area contributed by atoms with E-state index >= 15 is 0 Å². The van der Waals surface area contributed by atoms with Crippen LogP contribution in [0.15, 0.2) is 82.7 Å². The molecule has 0 unspecified atom stereocenters. The SMILES string of the molecule is Cc1ccc(OCCOc2ccc(C=C3C(=N)N4N=C(c5cccnc5)SC4=NC3=O)cc2)cc1C. The second-order valence-electron chi connectivity index (χ2n) is 8.18. The molecule has 0 atom stereocenters. The topological polar surface area (TPSA) is 100 Å². The van der Waals surface area contributed by atoms with Crippen molar-refractivity contribution in [3.8, 4) is 11.5 Å². The third-order valence-electron chi connectivity index (χ3n) is 5.65. The van der Waals surface area contributed by atoms with E-state index in [1.165, 1.54) is 27.9 Å². The lowest BCUT2D eigenvalue weighted by Crippen LogP contribution is -2.35. The summed E-state index contributed by atoms with van der Waals surface area (Å²) in [4.78, 5) is 20.9. The van der Waals surface area contributed by atoms with E-state index in [2.05, 4.69) is 28.9 Å². The Labute approximate surface area is 212 Å². The Morgan fingerprint density at radius 3 is 2.47 bits per heavy atom. The zero-order valence-electron chi connectivity index (χ0n) is 19.8. The predicted molar refractivity (Wildman–Crippen MR) is 142 cm³/mol. The molecule has 0 saturated carbocycles. The van der Waals surface area contributed by atoms with E-state index in [0.717, 1.165) is 16.9 Å². The minimum Gasteiger partial charge on any atom is -0.490 e. The molecule has 0 saturated heterocycles. The summed E-state index contributed by atoms with van der Waals surface area (Å²) in [6.45, 7) is 4.95. The first kappa shape index (κ1) is 23.5. The molecule has 2 aliphatic heterocycles. The number of benzene rings is 2. The molecular formula is C27H23N5O3S. The van der Waals surface area contributed by atoms with Gasteiger partial charge in [-0.2, -0.15) is 15.1 Å². The quantitative estimate of drug-likeness (QED) is 0.371. The Balaban J connectivity index is 1.21. The van der Waals surface area contributed by atoms with Gasteiger partial charge in [-0.3, -0.25) is 15.2 Å². The molecule has 8 nitrogen and oxygen atoms in total. The van der Waals surface area contributed by atoms with E-state index in [1.807, 2.05) is 54.6 Å². The highest BCUT2D eigenvalue weighted by Gasteiger charge is 2.36. The molecule has 1 N–H and O–H groups in total. The summed E-state index contributed by atoms with van der Waals surface area (Å²) in [5, 5.41) is 15.4. The van der Waals surface area contributed by atoms with Gasteiger partial charge in [0.15, 0.2) is 5.84 Å². The standard InChI is InChI=1S/C27H23N5O3S/c1-17-5-8-22(14-18(17)2)35-13-12-34-21-9-6-19(7-10-21)15-23-24(28)32-27(30-25(23)33)36-26(31-32)20-4-3-11-29-16-20/h3-11,14-16,28H,12-13H2,1-2H3. The van der Waals surface area contributed by atoms with Crippen LogP contribution in [0.1, 0.15) is 22.3 Å². The van der Waals surface area contributed by atoms with E-state index in [1.54, 1.807) is 18.5 Å². The Kier molecular flexibility index (Phi) is 6.64. The number of hydrogen-bond donors (Lipinski definition) is 1. The largest absolute Gasteiger partial charge is 0.490 e. The predicted octanol–water partition coefficient (Wildman–Crippen LogP) is 4.82.